The Bertz CT molecular complexity index is 1340. The summed E-state index contributed by atoms with van der Waals surface area (Å²) in [5.74, 6) is -14.3. The van der Waals surface area contributed by atoms with E-state index in [0.29, 0.717) is 9.13 Å². The number of carbonyl (C=O) groups is 2. The Kier molecular flexibility index (Phi) is 9.07. The number of ether oxygens (including phenoxy) is 2. The third-order valence-corrected chi connectivity index (χ3v) is 9.28. The molecule has 3 rings (SSSR count). The molecule has 1 N–H and O–H groups in total. The predicted molar refractivity (Wildman–Crippen MR) is 137 cm³/mol. The van der Waals surface area contributed by atoms with Crippen molar-refractivity contribution in [3.63, 3.8) is 0 Å². The average Bonchev–Trinajstić information content (AvgIpc) is 2.77. The van der Waals surface area contributed by atoms with Gasteiger partial charge in [-0.3, -0.25) is 9.35 Å². The van der Waals surface area contributed by atoms with Crippen LogP contribution in [0, 0.1) is 39.9 Å². The van der Waals surface area contributed by atoms with Crippen molar-refractivity contribution in [2.75, 3.05) is 0 Å². The molecule has 2 unspecified atom stereocenters. The van der Waals surface area contributed by atoms with E-state index in [-0.39, 0.29) is 12.8 Å². The van der Waals surface area contributed by atoms with E-state index in [1.54, 1.807) is 6.07 Å². The highest BCUT2D eigenvalue weighted by Crippen LogP contribution is 2.34. The SMILES string of the molecule is O=C(OC1C=CC(C(=O)Oc2c(F)c(F)c(S(=O)(=O)O)c(F)c2F)CC1)c1cc(I)cc(I)c1I. The average molecular weight is 852 g/mol. The molecule has 0 radical (unpaired) electrons. The molecule has 0 heterocycles. The van der Waals surface area contributed by atoms with E-state index >= 15 is 0 Å². The third-order valence-electron chi connectivity index (χ3n) is 4.74. The van der Waals surface area contributed by atoms with Crippen molar-refractivity contribution in [3.8, 4) is 5.75 Å². The number of rotatable bonds is 5. The van der Waals surface area contributed by atoms with Crippen molar-refractivity contribution in [2.24, 2.45) is 5.92 Å². The summed E-state index contributed by atoms with van der Waals surface area (Å²) < 4.78 is 99.1. The molecule has 0 amide bonds. The quantitative estimate of drug-likeness (QED) is 0.0818. The maximum atomic E-state index is 14.1. The van der Waals surface area contributed by atoms with Crippen molar-refractivity contribution in [3.05, 3.63) is 63.8 Å². The van der Waals surface area contributed by atoms with Gasteiger partial charge in [-0.05, 0) is 98.8 Å². The molecule has 2 aromatic rings. The van der Waals surface area contributed by atoms with Gasteiger partial charge in [0.15, 0.2) is 16.5 Å². The maximum absolute atomic E-state index is 14.1. The molecule has 0 fully saturated rings. The van der Waals surface area contributed by atoms with Crippen LogP contribution in [0.25, 0.3) is 0 Å². The van der Waals surface area contributed by atoms with Gasteiger partial charge in [-0.2, -0.15) is 17.2 Å². The molecule has 7 nitrogen and oxygen atoms in total. The molecule has 0 aliphatic heterocycles. The molecule has 0 spiro atoms. The van der Waals surface area contributed by atoms with Crippen LogP contribution in [0.3, 0.4) is 0 Å². The highest BCUT2D eigenvalue weighted by molar-refractivity contribution is 14.1. The second kappa shape index (κ2) is 11.1. The Balaban J connectivity index is 1.74. The van der Waals surface area contributed by atoms with E-state index in [1.165, 1.54) is 12.2 Å². The number of hydrogen-bond donors (Lipinski definition) is 1. The minimum absolute atomic E-state index is 0.00549. The Labute approximate surface area is 236 Å². The van der Waals surface area contributed by atoms with Crippen LogP contribution in [-0.2, 0) is 19.6 Å². The van der Waals surface area contributed by atoms with Crippen LogP contribution < -0.4 is 4.74 Å². The normalized spacial score (nSPS) is 17.8. The minimum Gasteiger partial charge on any atom is -0.455 e. The van der Waals surface area contributed by atoms with Crippen LogP contribution in [0.15, 0.2) is 29.2 Å². The largest absolute Gasteiger partial charge is 0.455 e. The van der Waals surface area contributed by atoms with Gasteiger partial charge in [-0.15, -0.1) is 0 Å². The van der Waals surface area contributed by atoms with Gasteiger partial charge in [0.2, 0.25) is 17.4 Å². The Morgan fingerprint density at radius 3 is 2.06 bits per heavy atom. The molecule has 35 heavy (non-hydrogen) atoms. The zero-order valence-electron chi connectivity index (χ0n) is 16.8. The van der Waals surface area contributed by atoms with Gasteiger partial charge < -0.3 is 9.47 Å². The highest BCUT2D eigenvalue weighted by Gasteiger charge is 2.35. The fourth-order valence-electron chi connectivity index (χ4n) is 3.08. The van der Waals surface area contributed by atoms with Gasteiger partial charge in [0.25, 0.3) is 0 Å². The van der Waals surface area contributed by atoms with Crippen LogP contribution in [0.2, 0.25) is 0 Å². The minimum atomic E-state index is -5.64. The molecular formula is C20H11F4I3O7S. The fraction of sp³-hybridized carbons (Fsp3) is 0.200. The van der Waals surface area contributed by atoms with Crippen LogP contribution >= 0.6 is 67.8 Å². The van der Waals surface area contributed by atoms with Crippen molar-refractivity contribution in [1.82, 2.24) is 0 Å². The Morgan fingerprint density at radius 1 is 0.943 bits per heavy atom. The van der Waals surface area contributed by atoms with Gasteiger partial charge in [0.05, 0.1) is 11.5 Å². The lowest BCUT2D eigenvalue weighted by atomic mass is 9.94. The zero-order chi connectivity index (χ0) is 26.2. The van der Waals surface area contributed by atoms with Crippen LogP contribution in [0.4, 0.5) is 17.6 Å². The highest BCUT2D eigenvalue weighted by atomic mass is 127. The van der Waals surface area contributed by atoms with E-state index in [9.17, 15) is 35.6 Å². The topological polar surface area (TPSA) is 107 Å². The lowest BCUT2D eigenvalue weighted by Gasteiger charge is -2.22. The van der Waals surface area contributed by atoms with Gasteiger partial charge >= 0.3 is 22.1 Å². The second-order valence-electron chi connectivity index (χ2n) is 7.07. The van der Waals surface area contributed by atoms with Gasteiger partial charge in [-0.25, -0.2) is 13.6 Å². The summed E-state index contributed by atoms with van der Waals surface area (Å²) in [6.45, 7) is 0. The number of hydrogen-bond acceptors (Lipinski definition) is 6. The molecule has 0 aromatic heterocycles. The molecule has 2 aromatic carbocycles. The maximum Gasteiger partial charge on any atom is 0.339 e. The third kappa shape index (κ3) is 6.27. The van der Waals surface area contributed by atoms with E-state index in [1.807, 2.05) is 28.7 Å². The van der Waals surface area contributed by atoms with Crippen LogP contribution in [0.5, 0.6) is 5.75 Å². The standard InChI is InChI=1S/C20H11F4I3O7S/c21-12-14(23)18(35(30,31)32)15(24)13(22)17(12)34-19(28)7-1-3-9(4-2-7)33-20(29)10-5-8(25)6-11(26)16(10)27/h1,3,5-7,9H,2,4H2,(H,30,31,32). The second-order valence-corrected chi connectivity index (χ2v) is 11.9. The number of halogens is 7. The molecule has 0 bridgehead atoms. The summed E-state index contributed by atoms with van der Waals surface area (Å²) in [5, 5.41) is 0. The summed E-state index contributed by atoms with van der Waals surface area (Å²) in [7, 11) is -5.64. The molecule has 1 aliphatic carbocycles. The van der Waals surface area contributed by atoms with Crippen molar-refractivity contribution >= 4 is 89.8 Å². The zero-order valence-corrected chi connectivity index (χ0v) is 24.1. The first-order valence-electron chi connectivity index (χ1n) is 9.31. The lowest BCUT2D eigenvalue weighted by molar-refractivity contribution is -0.138. The van der Waals surface area contributed by atoms with Crippen molar-refractivity contribution in [2.45, 2.75) is 23.8 Å². The number of esters is 2. The van der Waals surface area contributed by atoms with Crippen LogP contribution in [-0.4, -0.2) is 31.0 Å². The van der Waals surface area contributed by atoms with Crippen molar-refractivity contribution < 1.29 is 49.6 Å². The molecule has 2 atom stereocenters. The summed E-state index contributed by atoms with van der Waals surface area (Å²) in [6.07, 6.45) is 2.05. The van der Waals surface area contributed by atoms with Gasteiger partial charge in [0, 0.05) is 10.7 Å². The van der Waals surface area contributed by atoms with E-state index in [4.69, 9.17) is 9.29 Å². The predicted octanol–water partition coefficient (Wildman–Crippen LogP) is 5.40. The molecule has 188 valence electrons. The number of benzene rings is 2. The Hall–Kier alpha value is -1.06. The lowest BCUT2D eigenvalue weighted by Crippen LogP contribution is -2.27. The first kappa shape index (κ1) is 28.5. The first-order valence-corrected chi connectivity index (χ1v) is 14.0. The van der Waals surface area contributed by atoms with E-state index < -0.39 is 68.0 Å². The van der Waals surface area contributed by atoms with Gasteiger partial charge in [0.1, 0.15) is 6.10 Å². The molecule has 1 aliphatic rings. The van der Waals surface area contributed by atoms with Crippen molar-refractivity contribution in [1.29, 1.82) is 0 Å². The summed E-state index contributed by atoms with van der Waals surface area (Å²) in [4.78, 5) is 22.6. The molecule has 0 saturated heterocycles. The fourth-order valence-corrected chi connectivity index (χ4v) is 6.09. The van der Waals surface area contributed by atoms with E-state index in [0.717, 1.165) is 7.14 Å². The molecular weight excluding hydrogens is 841 g/mol. The van der Waals surface area contributed by atoms with E-state index in [2.05, 4.69) is 49.9 Å². The smallest absolute Gasteiger partial charge is 0.339 e. The summed E-state index contributed by atoms with van der Waals surface area (Å²) >= 11 is 6.16. The summed E-state index contributed by atoms with van der Waals surface area (Å²) in [5.41, 5.74) is 0.361. The first-order chi connectivity index (χ1) is 16.2. The number of carbonyl (C=O) groups excluding carboxylic acids is 2. The van der Waals surface area contributed by atoms with Crippen LogP contribution in [0.1, 0.15) is 23.2 Å². The molecule has 15 heteroatoms. The summed E-state index contributed by atoms with van der Waals surface area (Å²) in [6, 6.07) is 3.55. The Morgan fingerprint density at radius 2 is 1.54 bits per heavy atom. The van der Waals surface area contributed by atoms with Gasteiger partial charge in [-0.1, -0.05) is 6.08 Å². The molecule has 0 saturated carbocycles. The monoisotopic (exact) mass is 852 g/mol.